The normalized spacial score (nSPS) is 11.0. The van der Waals surface area contributed by atoms with Crippen molar-refractivity contribution in [3.63, 3.8) is 0 Å². The first kappa shape index (κ1) is 17.0. The van der Waals surface area contributed by atoms with Gasteiger partial charge in [-0.25, -0.2) is 4.79 Å². The summed E-state index contributed by atoms with van der Waals surface area (Å²) in [6, 6.07) is 17.2. The average molecular weight is 362 g/mol. The molecule has 1 N–H and O–H groups in total. The van der Waals surface area contributed by atoms with Crippen LogP contribution in [0.25, 0.3) is 22.5 Å². The standard InChI is InChI=1S/C22H18O5/c1-13-20(23)14(2)22(24)27-21(13)19-10-16-8-9-17(11-18(16)26-19)25-12-15-6-4-3-5-7-15/h3-11,23H,12H2,1-2H3. The van der Waals surface area contributed by atoms with Crippen molar-refractivity contribution in [2.24, 2.45) is 0 Å². The molecule has 5 heteroatoms. The highest BCUT2D eigenvalue weighted by molar-refractivity contribution is 5.83. The van der Waals surface area contributed by atoms with E-state index in [0.29, 0.717) is 29.3 Å². The molecule has 0 aliphatic carbocycles. The number of ether oxygens (including phenoxy) is 1. The number of benzene rings is 2. The molecule has 2 aromatic heterocycles. The topological polar surface area (TPSA) is 72.8 Å². The van der Waals surface area contributed by atoms with Crippen molar-refractivity contribution in [3.05, 3.63) is 81.7 Å². The highest BCUT2D eigenvalue weighted by Gasteiger charge is 2.18. The Morgan fingerprint density at radius 2 is 1.74 bits per heavy atom. The Balaban J connectivity index is 1.66. The fraction of sp³-hybridized carbons (Fsp3) is 0.136. The number of hydrogen-bond acceptors (Lipinski definition) is 5. The molecule has 0 bridgehead atoms. The van der Waals surface area contributed by atoms with E-state index in [9.17, 15) is 9.90 Å². The molecule has 0 fully saturated rings. The Hall–Kier alpha value is -3.47. The van der Waals surface area contributed by atoms with Gasteiger partial charge in [-0.15, -0.1) is 0 Å². The minimum absolute atomic E-state index is 0.0754. The van der Waals surface area contributed by atoms with Gasteiger partial charge in [-0.1, -0.05) is 30.3 Å². The third-order valence-electron chi connectivity index (χ3n) is 4.52. The zero-order chi connectivity index (χ0) is 19.0. The molecule has 0 spiro atoms. The fourth-order valence-corrected chi connectivity index (χ4v) is 2.92. The Kier molecular flexibility index (Phi) is 4.20. The molecule has 0 aliphatic heterocycles. The van der Waals surface area contributed by atoms with Gasteiger partial charge in [0, 0.05) is 17.0 Å². The van der Waals surface area contributed by atoms with E-state index in [4.69, 9.17) is 13.6 Å². The van der Waals surface area contributed by atoms with Crippen LogP contribution < -0.4 is 10.4 Å². The van der Waals surface area contributed by atoms with E-state index in [0.717, 1.165) is 10.9 Å². The molecular formula is C22H18O5. The number of rotatable bonds is 4. The first-order valence-corrected chi connectivity index (χ1v) is 8.57. The van der Waals surface area contributed by atoms with Gasteiger partial charge in [-0.05, 0) is 37.6 Å². The van der Waals surface area contributed by atoms with Crippen molar-refractivity contribution in [2.45, 2.75) is 20.5 Å². The van der Waals surface area contributed by atoms with Crippen molar-refractivity contribution in [3.8, 4) is 23.0 Å². The molecule has 5 nitrogen and oxygen atoms in total. The second-order valence-electron chi connectivity index (χ2n) is 6.40. The summed E-state index contributed by atoms with van der Waals surface area (Å²) in [5.41, 5.74) is 1.75. The second kappa shape index (κ2) is 6.68. The summed E-state index contributed by atoms with van der Waals surface area (Å²) in [6.45, 7) is 3.66. The summed E-state index contributed by atoms with van der Waals surface area (Å²) in [7, 11) is 0. The van der Waals surface area contributed by atoms with Gasteiger partial charge < -0.3 is 18.7 Å². The quantitative estimate of drug-likeness (QED) is 0.556. The van der Waals surface area contributed by atoms with E-state index in [1.165, 1.54) is 6.92 Å². The van der Waals surface area contributed by atoms with Crippen LogP contribution in [-0.2, 0) is 6.61 Å². The molecule has 4 rings (SSSR count). The molecule has 2 aromatic carbocycles. The van der Waals surface area contributed by atoms with Crippen LogP contribution in [0.1, 0.15) is 16.7 Å². The zero-order valence-corrected chi connectivity index (χ0v) is 15.0. The van der Waals surface area contributed by atoms with Gasteiger partial charge in [-0.2, -0.15) is 0 Å². The van der Waals surface area contributed by atoms with Gasteiger partial charge in [-0.3, -0.25) is 0 Å². The van der Waals surface area contributed by atoms with Crippen LogP contribution in [0, 0.1) is 13.8 Å². The van der Waals surface area contributed by atoms with E-state index in [1.807, 2.05) is 42.5 Å². The molecular weight excluding hydrogens is 344 g/mol. The van der Waals surface area contributed by atoms with Gasteiger partial charge in [0.05, 0.1) is 5.56 Å². The monoisotopic (exact) mass is 362 g/mol. The fourth-order valence-electron chi connectivity index (χ4n) is 2.92. The van der Waals surface area contributed by atoms with Crippen LogP contribution in [-0.4, -0.2) is 5.11 Å². The lowest BCUT2D eigenvalue weighted by Gasteiger charge is -2.06. The van der Waals surface area contributed by atoms with E-state index in [1.54, 1.807) is 19.1 Å². The van der Waals surface area contributed by atoms with Gasteiger partial charge >= 0.3 is 5.63 Å². The van der Waals surface area contributed by atoms with E-state index in [2.05, 4.69) is 0 Å². The molecule has 27 heavy (non-hydrogen) atoms. The van der Waals surface area contributed by atoms with Crippen molar-refractivity contribution in [2.75, 3.05) is 0 Å². The molecule has 136 valence electrons. The Morgan fingerprint density at radius 3 is 2.52 bits per heavy atom. The Morgan fingerprint density at radius 1 is 0.963 bits per heavy atom. The minimum atomic E-state index is -0.583. The average Bonchev–Trinajstić information content (AvgIpc) is 3.11. The largest absolute Gasteiger partial charge is 0.507 e. The lowest BCUT2D eigenvalue weighted by Crippen LogP contribution is -2.05. The van der Waals surface area contributed by atoms with Crippen molar-refractivity contribution < 1.29 is 18.7 Å². The van der Waals surface area contributed by atoms with E-state index >= 15 is 0 Å². The second-order valence-corrected chi connectivity index (χ2v) is 6.40. The van der Waals surface area contributed by atoms with E-state index < -0.39 is 5.63 Å². The lowest BCUT2D eigenvalue weighted by atomic mass is 10.1. The SMILES string of the molecule is Cc1c(-c2cc3ccc(OCc4ccccc4)cc3o2)oc(=O)c(C)c1O. The Labute approximate surface area is 155 Å². The van der Waals surface area contributed by atoms with Crippen LogP contribution in [0.15, 0.2) is 68.2 Å². The van der Waals surface area contributed by atoms with E-state index in [-0.39, 0.29) is 17.1 Å². The minimum Gasteiger partial charge on any atom is -0.507 e. The van der Waals surface area contributed by atoms with Crippen LogP contribution in [0.4, 0.5) is 0 Å². The summed E-state index contributed by atoms with van der Waals surface area (Å²) < 4.78 is 17.0. The van der Waals surface area contributed by atoms with Gasteiger partial charge in [0.2, 0.25) is 0 Å². The lowest BCUT2D eigenvalue weighted by molar-refractivity contribution is 0.306. The maximum atomic E-state index is 11.9. The molecule has 0 saturated heterocycles. The number of fused-ring (bicyclic) bond motifs is 1. The maximum Gasteiger partial charge on any atom is 0.343 e. The third kappa shape index (κ3) is 3.19. The van der Waals surface area contributed by atoms with Crippen molar-refractivity contribution in [1.82, 2.24) is 0 Å². The first-order chi connectivity index (χ1) is 13.0. The highest BCUT2D eigenvalue weighted by Crippen LogP contribution is 2.34. The molecule has 4 aromatic rings. The predicted octanol–water partition coefficient (Wildman–Crippen LogP) is 4.95. The number of aromatic hydroxyl groups is 1. The molecule has 2 heterocycles. The summed E-state index contributed by atoms with van der Waals surface area (Å²) in [4.78, 5) is 11.9. The van der Waals surface area contributed by atoms with Gasteiger partial charge in [0.1, 0.15) is 23.7 Å². The first-order valence-electron chi connectivity index (χ1n) is 8.57. The van der Waals surface area contributed by atoms with Crippen molar-refractivity contribution in [1.29, 1.82) is 0 Å². The summed E-state index contributed by atoms with van der Waals surface area (Å²) in [5, 5.41) is 11.0. The maximum absolute atomic E-state index is 11.9. The third-order valence-corrected chi connectivity index (χ3v) is 4.52. The van der Waals surface area contributed by atoms with Gasteiger partial charge in [0.25, 0.3) is 0 Å². The summed E-state index contributed by atoms with van der Waals surface area (Å²) in [6.07, 6.45) is 0. The van der Waals surface area contributed by atoms with Gasteiger partial charge in [0.15, 0.2) is 11.5 Å². The zero-order valence-electron chi connectivity index (χ0n) is 15.0. The van der Waals surface area contributed by atoms with Crippen molar-refractivity contribution >= 4 is 11.0 Å². The summed E-state index contributed by atoms with van der Waals surface area (Å²) >= 11 is 0. The molecule has 0 amide bonds. The van der Waals surface area contributed by atoms with Crippen LogP contribution in [0.2, 0.25) is 0 Å². The summed E-state index contributed by atoms with van der Waals surface area (Å²) in [5.74, 6) is 1.21. The molecule has 0 radical (unpaired) electrons. The number of hydrogen-bond donors (Lipinski definition) is 1. The van der Waals surface area contributed by atoms with Crippen LogP contribution in [0.3, 0.4) is 0 Å². The molecule has 0 unspecified atom stereocenters. The molecule has 0 saturated carbocycles. The molecule has 0 atom stereocenters. The Bertz CT molecular complexity index is 1170. The predicted molar refractivity (Wildman–Crippen MR) is 102 cm³/mol. The number of furan rings is 1. The highest BCUT2D eigenvalue weighted by atomic mass is 16.5. The van der Waals surface area contributed by atoms with Crippen LogP contribution >= 0.6 is 0 Å². The van der Waals surface area contributed by atoms with Crippen LogP contribution in [0.5, 0.6) is 11.5 Å². The molecule has 0 aliphatic rings. The smallest absolute Gasteiger partial charge is 0.343 e.